The normalized spacial score (nSPS) is 14.6. The SMILES string of the molecule is Cc1ccccc1C(=O)N1CCC(NC(=O)c2ccccc2C(=O)O)CC1. The molecule has 1 aliphatic rings. The third-order valence-corrected chi connectivity index (χ3v) is 4.89. The first-order valence-electron chi connectivity index (χ1n) is 8.95. The van der Waals surface area contributed by atoms with E-state index in [2.05, 4.69) is 5.32 Å². The number of aryl methyl sites for hydroxylation is 1. The minimum Gasteiger partial charge on any atom is -0.478 e. The van der Waals surface area contributed by atoms with Crippen LogP contribution in [0.2, 0.25) is 0 Å². The van der Waals surface area contributed by atoms with Gasteiger partial charge in [0.05, 0.1) is 11.1 Å². The van der Waals surface area contributed by atoms with Crippen molar-refractivity contribution >= 4 is 17.8 Å². The number of benzene rings is 2. The summed E-state index contributed by atoms with van der Waals surface area (Å²) in [6.45, 7) is 3.03. The van der Waals surface area contributed by atoms with Gasteiger partial charge in [0.25, 0.3) is 11.8 Å². The number of hydrogen-bond acceptors (Lipinski definition) is 3. The molecule has 1 saturated heterocycles. The van der Waals surface area contributed by atoms with Crippen molar-refractivity contribution in [2.24, 2.45) is 0 Å². The third kappa shape index (κ3) is 4.16. The molecule has 2 N–H and O–H groups in total. The van der Waals surface area contributed by atoms with Crippen molar-refractivity contribution < 1.29 is 19.5 Å². The molecule has 2 aromatic carbocycles. The van der Waals surface area contributed by atoms with Gasteiger partial charge in [0.15, 0.2) is 0 Å². The first kappa shape index (κ1) is 18.6. The van der Waals surface area contributed by atoms with Crippen LogP contribution in [0.15, 0.2) is 48.5 Å². The Labute approximate surface area is 157 Å². The highest BCUT2D eigenvalue weighted by Gasteiger charge is 2.26. The zero-order valence-electron chi connectivity index (χ0n) is 15.1. The van der Waals surface area contributed by atoms with Crippen LogP contribution in [0, 0.1) is 6.92 Å². The molecule has 0 radical (unpaired) electrons. The number of aromatic carboxylic acids is 1. The molecule has 6 heteroatoms. The summed E-state index contributed by atoms with van der Waals surface area (Å²) in [7, 11) is 0. The largest absolute Gasteiger partial charge is 0.478 e. The number of carboxylic acids is 1. The van der Waals surface area contributed by atoms with Crippen molar-refractivity contribution in [2.75, 3.05) is 13.1 Å². The average molecular weight is 366 g/mol. The van der Waals surface area contributed by atoms with E-state index >= 15 is 0 Å². The Morgan fingerprint density at radius 3 is 2.07 bits per heavy atom. The molecule has 0 aromatic heterocycles. The standard InChI is InChI=1S/C21H22N2O4/c1-14-6-2-3-7-16(14)20(25)23-12-10-15(11-13-23)22-19(24)17-8-4-5-9-18(17)21(26)27/h2-9,15H,10-13H2,1H3,(H,22,24)(H,26,27). The average Bonchev–Trinajstić information content (AvgIpc) is 2.68. The highest BCUT2D eigenvalue weighted by Crippen LogP contribution is 2.17. The molecule has 1 heterocycles. The van der Waals surface area contributed by atoms with Crippen molar-refractivity contribution in [1.82, 2.24) is 10.2 Å². The Hall–Kier alpha value is -3.15. The number of carbonyl (C=O) groups is 3. The molecule has 1 fully saturated rings. The summed E-state index contributed by atoms with van der Waals surface area (Å²) in [6, 6.07) is 13.6. The number of rotatable bonds is 4. The second-order valence-electron chi connectivity index (χ2n) is 6.71. The van der Waals surface area contributed by atoms with E-state index in [1.807, 2.05) is 31.2 Å². The Bertz CT molecular complexity index is 870. The first-order valence-corrected chi connectivity index (χ1v) is 8.95. The monoisotopic (exact) mass is 366 g/mol. The van der Waals surface area contributed by atoms with Crippen molar-refractivity contribution in [2.45, 2.75) is 25.8 Å². The maximum Gasteiger partial charge on any atom is 0.336 e. The van der Waals surface area contributed by atoms with Crippen LogP contribution >= 0.6 is 0 Å². The maximum atomic E-state index is 12.7. The van der Waals surface area contributed by atoms with Crippen LogP contribution in [0.4, 0.5) is 0 Å². The number of nitrogens with one attached hydrogen (secondary N) is 1. The fourth-order valence-electron chi connectivity index (χ4n) is 3.34. The van der Waals surface area contributed by atoms with E-state index in [0.717, 1.165) is 5.56 Å². The molecule has 27 heavy (non-hydrogen) atoms. The van der Waals surface area contributed by atoms with E-state index in [4.69, 9.17) is 0 Å². The van der Waals surface area contributed by atoms with Crippen LogP contribution < -0.4 is 5.32 Å². The molecule has 0 saturated carbocycles. The van der Waals surface area contributed by atoms with Gasteiger partial charge in [0.2, 0.25) is 0 Å². The van der Waals surface area contributed by atoms with E-state index in [9.17, 15) is 19.5 Å². The van der Waals surface area contributed by atoms with Crippen molar-refractivity contribution in [3.05, 3.63) is 70.8 Å². The lowest BCUT2D eigenvalue weighted by molar-refractivity contribution is 0.0675. The van der Waals surface area contributed by atoms with Crippen LogP contribution in [-0.4, -0.2) is 46.9 Å². The molecule has 3 rings (SSSR count). The molecule has 140 valence electrons. The predicted octanol–water partition coefficient (Wildman–Crippen LogP) is 2.73. The summed E-state index contributed by atoms with van der Waals surface area (Å²) >= 11 is 0. The number of piperidine rings is 1. The van der Waals surface area contributed by atoms with E-state index in [1.165, 1.54) is 12.1 Å². The minimum absolute atomic E-state index is 0.00843. The molecule has 2 aromatic rings. The van der Waals surface area contributed by atoms with Gasteiger partial charge in [-0.25, -0.2) is 4.79 Å². The minimum atomic E-state index is -1.13. The number of carbonyl (C=O) groups excluding carboxylic acids is 2. The molecule has 0 unspecified atom stereocenters. The Morgan fingerprint density at radius 2 is 1.48 bits per heavy atom. The molecule has 1 aliphatic heterocycles. The number of likely N-dealkylation sites (tertiary alicyclic amines) is 1. The summed E-state index contributed by atoms with van der Waals surface area (Å²) in [5.74, 6) is -1.51. The summed E-state index contributed by atoms with van der Waals surface area (Å²) in [4.78, 5) is 38.2. The van der Waals surface area contributed by atoms with Gasteiger partial charge in [0.1, 0.15) is 0 Å². The second kappa shape index (κ2) is 8.03. The molecule has 6 nitrogen and oxygen atoms in total. The highest BCUT2D eigenvalue weighted by molar-refractivity contribution is 6.04. The van der Waals surface area contributed by atoms with Crippen LogP contribution in [0.1, 0.15) is 49.5 Å². The summed E-state index contributed by atoms with van der Waals surface area (Å²) in [5.41, 5.74) is 1.80. The van der Waals surface area contributed by atoms with Gasteiger partial charge in [-0.2, -0.15) is 0 Å². The van der Waals surface area contributed by atoms with Gasteiger partial charge in [-0.1, -0.05) is 30.3 Å². The van der Waals surface area contributed by atoms with E-state index in [0.29, 0.717) is 31.5 Å². The van der Waals surface area contributed by atoms with E-state index in [1.54, 1.807) is 17.0 Å². The molecule has 2 amide bonds. The fourth-order valence-corrected chi connectivity index (χ4v) is 3.34. The fraction of sp³-hybridized carbons (Fsp3) is 0.286. The Kier molecular flexibility index (Phi) is 5.54. The molecule has 0 atom stereocenters. The zero-order chi connectivity index (χ0) is 19.4. The summed E-state index contributed by atoms with van der Waals surface area (Å²) < 4.78 is 0. The smallest absolute Gasteiger partial charge is 0.336 e. The molecular formula is C21H22N2O4. The number of hydrogen-bond donors (Lipinski definition) is 2. The van der Waals surface area contributed by atoms with Crippen LogP contribution in [0.25, 0.3) is 0 Å². The molecule has 0 aliphatic carbocycles. The van der Waals surface area contributed by atoms with Gasteiger partial charge in [-0.05, 0) is 43.5 Å². The lowest BCUT2D eigenvalue weighted by Gasteiger charge is -2.32. The summed E-state index contributed by atoms with van der Waals surface area (Å²) in [6.07, 6.45) is 1.27. The number of carboxylic acid groups (broad SMARTS) is 1. The maximum absolute atomic E-state index is 12.7. The van der Waals surface area contributed by atoms with Crippen LogP contribution in [0.3, 0.4) is 0 Å². The zero-order valence-corrected chi connectivity index (χ0v) is 15.1. The van der Waals surface area contributed by atoms with Gasteiger partial charge in [0, 0.05) is 24.7 Å². The second-order valence-corrected chi connectivity index (χ2v) is 6.71. The van der Waals surface area contributed by atoms with Gasteiger partial charge < -0.3 is 15.3 Å². The topological polar surface area (TPSA) is 86.7 Å². The van der Waals surface area contributed by atoms with Crippen LogP contribution in [0.5, 0.6) is 0 Å². The van der Waals surface area contributed by atoms with Gasteiger partial charge in [-0.3, -0.25) is 9.59 Å². The van der Waals surface area contributed by atoms with E-state index < -0.39 is 11.9 Å². The Balaban J connectivity index is 1.60. The van der Waals surface area contributed by atoms with Gasteiger partial charge in [-0.15, -0.1) is 0 Å². The number of amides is 2. The Morgan fingerprint density at radius 1 is 0.926 bits per heavy atom. The molecular weight excluding hydrogens is 344 g/mol. The van der Waals surface area contributed by atoms with Crippen LogP contribution in [-0.2, 0) is 0 Å². The lowest BCUT2D eigenvalue weighted by atomic mass is 10.0. The van der Waals surface area contributed by atoms with Crippen molar-refractivity contribution in [3.63, 3.8) is 0 Å². The highest BCUT2D eigenvalue weighted by atomic mass is 16.4. The predicted molar refractivity (Wildman–Crippen MR) is 101 cm³/mol. The first-order chi connectivity index (χ1) is 13.0. The number of nitrogens with zero attached hydrogens (tertiary/aromatic N) is 1. The quantitative estimate of drug-likeness (QED) is 0.871. The summed E-state index contributed by atoms with van der Waals surface area (Å²) in [5, 5.41) is 12.1. The lowest BCUT2D eigenvalue weighted by Crippen LogP contribution is -2.46. The third-order valence-electron chi connectivity index (χ3n) is 4.89. The van der Waals surface area contributed by atoms with E-state index in [-0.39, 0.29) is 23.1 Å². The van der Waals surface area contributed by atoms with Gasteiger partial charge >= 0.3 is 5.97 Å². The van der Waals surface area contributed by atoms with Crippen molar-refractivity contribution in [3.8, 4) is 0 Å². The molecule has 0 spiro atoms. The molecule has 0 bridgehead atoms. The van der Waals surface area contributed by atoms with Crippen molar-refractivity contribution in [1.29, 1.82) is 0 Å².